The highest BCUT2D eigenvalue weighted by Crippen LogP contribution is 2.28. The number of nitrogens with zero attached hydrogens (tertiary/aromatic N) is 1. The Morgan fingerprint density at radius 3 is 2.48 bits per heavy atom. The second-order valence-electron chi connectivity index (χ2n) is 5.12. The summed E-state index contributed by atoms with van der Waals surface area (Å²) < 4.78 is 18.8. The highest BCUT2D eigenvalue weighted by atomic mass is 19.1. The maximum atomic E-state index is 12.9. The molecule has 0 aromatic heterocycles. The van der Waals surface area contributed by atoms with Gasteiger partial charge >= 0.3 is 0 Å². The zero-order valence-electron chi connectivity index (χ0n) is 11.9. The number of ether oxygens (including phenoxy) is 1. The van der Waals surface area contributed by atoms with Gasteiger partial charge in [-0.05, 0) is 29.8 Å². The lowest BCUT2D eigenvalue weighted by Crippen LogP contribution is -2.43. The van der Waals surface area contributed by atoms with Crippen LogP contribution in [-0.2, 0) is 6.61 Å². The molecular weight excluding hydrogens is 267 g/mol. The Morgan fingerprint density at radius 1 is 1.00 bits per heavy atom. The molecule has 3 rings (SSSR count). The first-order valence-electron chi connectivity index (χ1n) is 7.25. The van der Waals surface area contributed by atoms with Crippen LogP contribution in [0.3, 0.4) is 0 Å². The largest absolute Gasteiger partial charge is 0.487 e. The van der Waals surface area contributed by atoms with Gasteiger partial charge in [0.05, 0.1) is 5.69 Å². The van der Waals surface area contributed by atoms with Gasteiger partial charge in [0.15, 0.2) is 0 Å². The zero-order chi connectivity index (χ0) is 14.5. The van der Waals surface area contributed by atoms with Gasteiger partial charge in [-0.25, -0.2) is 4.39 Å². The first-order chi connectivity index (χ1) is 10.3. The molecule has 2 aromatic carbocycles. The summed E-state index contributed by atoms with van der Waals surface area (Å²) in [4.78, 5) is 2.33. The van der Waals surface area contributed by atoms with Gasteiger partial charge < -0.3 is 15.0 Å². The molecule has 0 spiro atoms. The number of rotatable bonds is 4. The fourth-order valence-corrected chi connectivity index (χ4v) is 2.49. The average Bonchev–Trinajstić information content (AvgIpc) is 2.55. The maximum Gasteiger partial charge on any atom is 0.143 e. The SMILES string of the molecule is Fc1ccc(COc2ccccc2N2CCNCC2)cc1. The van der Waals surface area contributed by atoms with Gasteiger partial charge in [-0.15, -0.1) is 0 Å². The summed E-state index contributed by atoms with van der Waals surface area (Å²) >= 11 is 0. The molecule has 1 heterocycles. The second-order valence-corrected chi connectivity index (χ2v) is 5.12. The summed E-state index contributed by atoms with van der Waals surface area (Å²) in [6, 6.07) is 14.5. The van der Waals surface area contributed by atoms with E-state index in [1.165, 1.54) is 12.1 Å². The second kappa shape index (κ2) is 6.59. The van der Waals surface area contributed by atoms with E-state index in [2.05, 4.69) is 16.3 Å². The summed E-state index contributed by atoms with van der Waals surface area (Å²) in [7, 11) is 0. The van der Waals surface area contributed by atoms with Gasteiger partial charge in [0.1, 0.15) is 18.2 Å². The van der Waals surface area contributed by atoms with Crippen LogP contribution in [0.25, 0.3) is 0 Å². The third-order valence-electron chi connectivity index (χ3n) is 3.63. The predicted molar refractivity (Wildman–Crippen MR) is 82.3 cm³/mol. The molecule has 0 bridgehead atoms. The van der Waals surface area contributed by atoms with E-state index < -0.39 is 0 Å². The maximum absolute atomic E-state index is 12.9. The van der Waals surface area contributed by atoms with E-state index in [0.29, 0.717) is 6.61 Å². The quantitative estimate of drug-likeness (QED) is 0.935. The van der Waals surface area contributed by atoms with Crippen molar-refractivity contribution in [3.8, 4) is 5.75 Å². The van der Waals surface area contributed by atoms with Gasteiger partial charge in [-0.1, -0.05) is 24.3 Å². The van der Waals surface area contributed by atoms with Crippen LogP contribution in [0.1, 0.15) is 5.56 Å². The van der Waals surface area contributed by atoms with Crippen molar-refractivity contribution in [1.29, 1.82) is 0 Å². The van der Waals surface area contributed by atoms with Crippen molar-refractivity contribution < 1.29 is 9.13 Å². The number of anilines is 1. The zero-order valence-corrected chi connectivity index (χ0v) is 11.9. The van der Waals surface area contributed by atoms with Crippen molar-refractivity contribution in [2.24, 2.45) is 0 Å². The molecule has 0 atom stereocenters. The molecule has 1 aliphatic rings. The van der Waals surface area contributed by atoms with Crippen LogP contribution < -0.4 is 15.0 Å². The van der Waals surface area contributed by atoms with Crippen LogP contribution in [0.4, 0.5) is 10.1 Å². The van der Waals surface area contributed by atoms with E-state index in [0.717, 1.165) is 43.2 Å². The normalized spacial score (nSPS) is 15.0. The lowest BCUT2D eigenvalue weighted by Gasteiger charge is -2.30. The molecule has 1 saturated heterocycles. The Hall–Kier alpha value is -2.07. The van der Waals surface area contributed by atoms with Crippen molar-refractivity contribution in [3.63, 3.8) is 0 Å². The molecule has 21 heavy (non-hydrogen) atoms. The number of nitrogens with one attached hydrogen (secondary N) is 1. The molecule has 0 radical (unpaired) electrons. The van der Waals surface area contributed by atoms with E-state index in [1.807, 2.05) is 18.2 Å². The van der Waals surface area contributed by atoms with Crippen molar-refractivity contribution >= 4 is 5.69 Å². The molecule has 0 saturated carbocycles. The Balaban J connectivity index is 1.71. The summed E-state index contributed by atoms with van der Waals surface area (Å²) in [5.41, 5.74) is 2.09. The monoisotopic (exact) mass is 286 g/mol. The fraction of sp³-hybridized carbons (Fsp3) is 0.294. The minimum atomic E-state index is -0.222. The first-order valence-corrected chi connectivity index (χ1v) is 7.25. The summed E-state index contributed by atoms with van der Waals surface area (Å²) in [5.74, 6) is 0.656. The predicted octanol–water partition coefficient (Wildman–Crippen LogP) is 2.81. The molecule has 1 fully saturated rings. The van der Waals surface area contributed by atoms with Crippen LogP contribution in [0.2, 0.25) is 0 Å². The Kier molecular flexibility index (Phi) is 4.36. The Bertz CT molecular complexity index is 580. The van der Waals surface area contributed by atoms with Gasteiger partial charge in [0.25, 0.3) is 0 Å². The standard InChI is InChI=1S/C17H19FN2O/c18-15-7-5-14(6-8-15)13-21-17-4-2-1-3-16(17)20-11-9-19-10-12-20/h1-8,19H,9-13H2. The summed E-state index contributed by atoms with van der Waals surface area (Å²) in [5, 5.41) is 3.35. The van der Waals surface area contributed by atoms with E-state index in [-0.39, 0.29) is 5.82 Å². The van der Waals surface area contributed by atoms with Gasteiger partial charge in [-0.3, -0.25) is 0 Å². The molecule has 0 unspecified atom stereocenters. The summed E-state index contributed by atoms with van der Waals surface area (Å²) in [6.07, 6.45) is 0. The average molecular weight is 286 g/mol. The third-order valence-corrected chi connectivity index (χ3v) is 3.63. The lowest BCUT2D eigenvalue weighted by molar-refractivity contribution is 0.306. The first kappa shape index (κ1) is 13.9. The minimum absolute atomic E-state index is 0.222. The van der Waals surface area contributed by atoms with Crippen LogP contribution in [0.15, 0.2) is 48.5 Å². The van der Waals surface area contributed by atoms with Crippen molar-refractivity contribution in [1.82, 2.24) is 5.32 Å². The van der Waals surface area contributed by atoms with Gasteiger partial charge in [0, 0.05) is 26.2 Å². The van der Waals surface area contributed by atoms with Crippen LogP contribution in [-0.4, -0.2) is 26.2 Å². The topological polar surface area (TPSA) is 24.5 Å². The Labute approximate surface area is 124 Å². The third kappa shape index (κ3) is 3.52. The molecule has 0 amide bonds. The van der Waals surface area contributed by atoms with E-state index in [1.54, 1.807) is 12.1 Å². The highest BCUT2D eigenvalue weighted by molar-refractivity contribution is 5.58. The van der Waals surface area contributed by atoms with E-state index >= 15 is 0 Å². The summed E-state index contributed by atoms with van der Waals surface area (Å²) in [6.45, 7) is 4.40. The van der Waals surface area contributed by atoms with Crippen molar-refractivity contribution in [2.45, 2.75) is 6.61 Å². The van der Waals surface area contributed by atoms with Crippen LogP contribution in [0, 0.1) is 5.82 Å². The number of piperazine rings is 1. The van der Waals surface area contributed by atoms with Crippen LogP contribution >= 0.6 is 0 Å². The number of para-hydroxylation sites is 2. The molecular formula is C17H19FN2O. The molecule has 0 aliphatic carbocycles. The molecule has 1 N–H and O–H groups in total. The molecule has 3 nitrogen and oxygen atoms in total. The highest BCUT2D eigenvalue weighted by Gasteiger charge is 2.14. The Morgan fingerprint density at radius 2 is 1.71 bits per heavy atom. The van der Waals surface area contributed by atoms with Crippen LogP contribution in [0.5, 0.6) is 5.75 Å². The van der Waals surface area contributed by atoms with Crippen molar-refractivity contribution in [3.05, 3.63) is 59.9 Å². The fourth-order valence-electron chi connectivity index (χ4n) is 2.49. The lowest BCUT2D eigenvalue weighted by atomic mass is 10.2. The number of benzene rings is 2. The molecule has 110 valence electrons. The minimum Gasteiger partial charge on any atom is -0.487 e. The molecule has 2 aromatic rings. The molecule has 1 aliphatic heterocycles. The molecule has 4 heteroatoms. The number of hydrogen-bond donors (Lipinski definition) is 1. The smallest absolute Gasteiger partial charge is 0.143 e. The number of hydrogen-bond acceptors (Lipinski definition) is 3. The number of halogens is 1. The van der Waals surface area contributed by atoms with E-state index in [4.69, 9.17) is 4.74 Å². The van der Waals surface area contributed by atoms with Crippen molar-refractivity contribution in [2.75, 3.05) is 31.1 Å². The van der Waals surface area contributed by atoms with Gasteiger partial charge in [0.2, 0.25) is 0 Å². The van der Waals surface area contributed by atoms with Gasteiger partial charge in [-0.2, -0.15) is 0 Å². The van der Waals surface area contributed by atoms with E-state index in [9.17, 15) is 4.39 Å².